The van der Waals surface area contributed by atoms with Gasteiger partial charge in [-0.2, -0.15) is 0 Å². The monoisotopic (exact) mass is 455 g/mol. The van der Waals surface area contributed by atoms with Gasteiger partial charge in [-0.05, 0) is 66.1 Å². The molecule has 150 valence electrons. The number of anilines is 2. The fourth-order valence-electron chi connectivity index (χ4n) is 4.03. The molecule has 2 aromatic carbocycles. The second-order valence-corrected chi connectivity index (χ2v) is 8.26. The van der Waals surface area contributed by atoms with Crippen molar-refractivity contribution >= 4 is 45.0 Å². The lowest BCUT2D eigenvalue weighted by atomic mass is 9.94. The van der Waals surface area contributed by atoms with E-state index in [1.165, 1.54) is 4.90 Å². The number of hydrogen-bond acceptors (Lipinski definition) is 4. The summed E-state index contributed by atoms with van der Waals surface area (Å²) in [6, 6.07) is 16.2. The maximum atomic E-state index is 13.0. The predicted molar refractivity (Wildman–Crippen MR) is 114 cm³/mol. The first kappa shape index (κ1) is 19.8. The lowest BCUT2D eigenvalue weighted by molar-refractivity contribution is -0.123. The second-order valence-electron chi connectivity index (χ2n) is 7.40. The highest BCUT2D eigenvalue weighted by atomic mass is 79.9. The third kappa shape index (κ3) is 4.11. The third-order valence-corrected chi connectivity index (χ3v) is 6.27. The van der Waals surface area contributed by atoms with Crippen molar-refractivity contribution in [2.75, 3.05) is 23.3 Å². The van der Waals surface area contributed by atoms with Gasteiger partial charge < -0.3 is 5.32 Å². The molecule has 2 aliphatic heterocycles. The van der Waals surface area contributed by atoms with E-state index >= 15 is 0 Å². The largest absolute Gasteiger partial charge is 0.326 e. The minimum atomic E-state index is -0.451. The summed E-state index contributed by atoms with van der Waals surface area (Å²) in [6.07, 6.45) is 1.53. The molecule has 1 atom stereocenters. The van der Waals surface area contributed by atoms with Crippen molar-refractivity contribution in [2.45, 2.75) is 25.3 Å². The number of piperidine rings is 1. The Morgan fingerprint density at radius 3 is 2.31 bits per heavy atom. The Balaban J connectivity index is 1.38. The van der Waals surface area contributed by atoms with Crippen LogP contribution in [0.2, 0.25) is 0 Å². The highest BCUT2D eigenvalue weighted by Crippen LogP contribution is 2.33. The van der Waals surface area contributed by atoms with Gasteiger partial charge in [0.25, 0.3) is 5.91 Å². The van der Waals surface area contributed by atoms with Gasteiger partial charge in [0.05, 0.1) is 18.2 Å². The van der Waals surface area contributed by atoms with Crippen LogP contribution < -0.4 is 10.2 Å². The van der Waals surface area contributed by atoms with Gasteiger partial charge in [0.15, 0.2) is 0 Å². The summed E-state index contributed by atoms with van der Waals surface area (Å²) in [6.45, 7) is 1.25. The molecular formula is C22H22BrN3O3. The Kier molecular flexibility index (Phi) is 5.78. The van der Waals surface area contributed by atoms with E-state index in [4.69, 9.17) is 0 Å². The summed E-state index contributed by atoms with van der Waals surface area (Å²) in [5.41, 5.74) is 1.38. The molecule has 1 unspecified atom stereocenters. The van der Waals surface area contributed by atoms with Crippen LogP contribution in [0.1, 0.15) is 19.3 Å². The Labute approximate surface area is 178 Å². The molecule has 2 saturated heterocycles. The SMILES string of the molecule is O=C(Nc1ccccc1)C1CCN(C2CC(=O)N(c3ccccc3Br)C2=O)CC1. The molecule has 0 bridgehead atoms. The van der Waals surface area contributed by atoms with Crippen molar-refractivity contribution in [1.82, 2.24) is 4.90 Å². The first-order valence-corrected chi connectivity index (χ1v) is 10.5. The first-order valence-electron chi connectivity index (χ1n) is 9.76. The van der Waals surface area contributed by atoms with Crippen LogP contribution in [0.3, 0.4) is 0 Å². The van der Waals surface area contributed by atoms with E-state index in [1.807, 2.05) is 53.4 Å². The van der Waals surface area contributed by atoms with Crippen molar-refractivity contribution in [3.8, 4) is 0 Å². The molecule has 0 radical (unpaired) electrons. The number of imide groups is 1. The molecule has 29 heavy (non-hydrogen) atoms. The van der Waals surface area contributed by atoms with Gasteiger partial charge in [-0.15, -0.1) is 0 Å². The normalized spacial score (nSPS) is 20.9. The lowest BCUT2D eigenvalue weighted by Crippen LogP contribution is -2.47. The zero-order valence-electron chi connectivity index (χ0n) is 15.9. The summed E-state index contributed by atoms with van der Waals surface area (Å²) >= 11 is 3.42. The average molecular weight is 456 g/mol. The van der Waals surface area contributed by atoms with Gasteiger partial charge in [0.2, 0.25) is 11.8 Å². The fraction of sp³-hybridized carbons (Fsp3) is 0.318. The van der Waals surface area contributed by atoms with E-state index in [0.717, 1.165) is 10.2 Å². The van der Waals surface area contributed by atoms with Crippen molar-refractivity contribution in [3.05, 3.63) is 59.1 Å². The van der Waals surface area contributed by atoms with Gasteiger partial charge in [-0.1, -0.05) is 30.3 Å². The van der Waals surface area contributed by atoms with Crippen molar-refractivity contribution in [2.24, 2.45) is 5.92 Å². The van der Waals surface area contributed by atoms with E-state index in [9.17, 15) is 14.4 Å². The highest BCUT2D eigenvalue weighted by molar-refractivity contribution is 9.10. The number of nitrogens with one attached hydrogen (secondary N) is 1. The van der Waals surface area contributed by atoms with Gasteiger partial charge in [-0.25, -0.2) is 4.90 Å². The third-order valence-electron chi connectivity index (χ3n) is 5.60. The zero-order valence-corrected chi connectivity index (χ0v) is 17.5. The fourth-order valence-corrected chi connectivity index (χ4v) is 4.49. The number of hydrogen-bond donors (Lipinski definition) is 1. The molecule has 3 amide bonds. The summed E-state index contributed by atoms with van der Waals surface area (Å²) in [7, 11) is 0. The van der Waals surface area contributed by atoms with Gasteiger partial charge in [-0.3, -0.25) is 19.3 Å². The number of likely N-dealkylation sites (tertiary alicyclic amines) is 1. The summed E-state index contributed by atoms with van der Waals surface area (Å²) in [5, 5.41) is 2.95. The Morgan fingerprint density at radius 1 is 0.966 bits per heavy atom. The van der Waals surface area contributed by atoms with Crippen molar-refractivity contribution in [1.29, 1.82) is 0 Å². The van der Waals surface area contributed by atoms with Gasteiger partial charge >= 0.3 is 0 Å². The molecule has 2 fully saturated rings. The van der Waals surface area contributed by atoms with Gasteiger partial charge in [0, 0.05) is 16.1 Å². The molecule has 0 saturated carbocycles. The van der Waals surface area contributed by atoms with E-state index in [-0.39, 0.29) is 30.1 Å². The molecule has 7 heteroatoms. The number of nitrogens with zero attached hydrogens (tertiary/aromatic N) is 2. The molecule has 2 heterocycles. The Hall–Kier alpha value is -2.51. The smallest absolute Gasteiger partial charge is 0.251 e. The number of carbonyl (C=O) groups is 3. The molecule has 0 spiro atoms. The van der Waals surface area contributed by atoms with Crippen LogP contribution in [-0.2, 0) is 14.4 Å². The van der Waals surface area contributed by atoms with E-state index in [1.54, 1.807) is 6.07 Å². The van der Waals surface area contributed by atoms with Crippen LogP contribution in [-0.4, -0.2) is 41.8 Å². The van der Waals surface area contributed by atoms with Crippen LogP contribution in [0, 0.1) is 5.92 Å². The quantitative estimate of drug-likeness (QED) is 0.716. The Morgan fingerprint density at radius 2 is 1.62 bits per heavy atom. The first-order chi connectivity index (χ1) is 14.0. The topological polar surface area (TPSA) is 69.7 Å². The molecule has 0 aromatic heterocycles. The van der Waals surface area contributed by atoms with Crippen LogP contribution >= 0.6 is 15.9 Å². The van der Waals surface area contributed by atoms with Crippen LogP contribution in [0.5, 0.6) is 0 Å². The van der Waals surface area contributed by atoms with E-state index in [2.05, 4.69) is 21.2 Å². The molecule has 6 nitrogen and oxygen atoms in total. The number of carbonyl (C=O) groups excluding carboxylic acids is 3. The van der Waals surface area contributed by atoms with Crippen LogP contribution in [0.15, 0.2) is 59.1 Å². The zero-order chi connectivity index (χ0) is 20.4. The maximum Gasteiger partial charge on any atom is 0.251 e. The number of amides is 3. The number of para-hydroxylation sites is 2. The summed E-state index contributed by atoms with van der Waals surface area (Å²) < 4.78 is 0.721. The standard InChI is InChI=1S/C22H22BrN3O3/c23-17-8-4-5-9-18(17)26-20(27)14-19(22(26)29)25-12-10-15(11-13-25)21(28)24-16-6-2-1-3-7-16/h1-9,15,19H,10-14H2,(H,24,28). The predicted octanol–water partition coefficient (Wildman–Crippen LogP) is 3.43. The van der Waals surface area contributed by atoms with Crippen LogP contribution in [0.25, 0.3) is 0 Å². The second kappa shape index (κ2) is 8.47. The minimum Gasteiger partial charge on any atom is -0.326 e. The lowest BCUT2D eigenvalue weighted by Gasteiger charge is -2.34. The van der Waals surface area contributed by atoms with Crippen LogP contribution in [0.4, 0.5) is 11.4 Å². The number of rotatable bonds is 4. The van der Waals surface area contributed by atoms with Crippen molar-refractivity contribution in [3.63, 3.8) is 0 Å². The molecular weight excluding hydrogens is 434 g/mol. The minimum absolute atomic E-state index is 0.0134. The maximum absolute atomic E-state index is 13.0. The van der Waals surface area contributed by atoms with Crippen molar-refractivity contribution < 1.29 is 14.4 Å². The summed E-state index contributed by atoms with van der Waals surface area (Å²) in [5.74, 6) is -0.442. The number of halogens is 1. The summed E-state index contributed by atoms with van der Waals surface area (Å²) in [4.78, 5) is 41.4. The molecule has 2 aliphatic rings. The molecule has 2 aromatic rings. The van der Waals surface area contributed by atoms with Gasteiger partial charge in [0.1, 0.15) is 0 Å². The molecule has 4 rings (SSSR count). The highest BCUT2D eigenvalue weighted by Gasteiger charge is 2.44. The van der Waals surface area contributed by atoms with E-state index in [0.29, 0.717) is 31.6 Å². The molecule has 0 aliphatic carbocycles. The van der Waals surface area contributed by atoms with E-state index < -0.39 is 6.04 Å². The number of benzene rings is 2. The average Bonchev–Trinajstić information content (AvgIpc) is 3.03. The molecule has 1 N–H and O–H groups in total. The Bertz CT molecular complexity index is 926.